The van der Waals surface area contributed by atoms with E-state index in [1.807, 2.05) is 36.4 Å². The normalized spacial score (nSPS) is 14.1. The van der Waals surface area contributed by atoms with Gasteiger partial charge in [0.1, 0.15) is 0 Å². The van der Waals surface area contributed by atoms with Crippen molar-refractivity contribution >= 4 is 5.78 Å². The molecule has 0 saturated heterocycles. The van der Waals surface area contributed by atoms with Crippen LogP contribution in [0.1, 0.15) is 37.0 Å². The molecule has 2 atom stereocenters. The second kappa shape index (κ2) is 6.26. The maximum absolute atomic E-state index is 11.9. The number of hydrogen-bond acceptors (Lipinski definition) is 1. The zero-order valence-electron chi connectivity index (χ0n) is 10.1. The van der Waals surface area contributed by atoms with Crippen LogP contribution in [0.15, 0.2) is 43.0 Å². The summed E-state index contributed by atoms with van der Waals surface area (Å²) in [5.41, 5.74) is 0.820. The molecule has 0 aliphatic rings. The molecule has 0 heterocycles. The van der Waals surface area contributed by atoms with Gasteiger partial charge in [0.15, 0.2) is 5.78 Å². The Balaban J connectivity index is 2.55. The molecule has 0 spiro atoms. The first-order chi connectivity index (χ1) is 7.65. The molecule has 0 bridgehead atoms. The topological polar surface area (TPSA) is 17.1 Å². The number of carbonyl (C=O) groups is 1. The van der Waals surface area contributed by atoms with Crippen molar-refractivity contribution in [2.45, 2.75) is 26.7 Å². The summed E-state index contributed by atoms with van der Waals surface area (Å²) >= 11 is 0. The third-order valence-corrected chi connectivity index (χ3v) is 3.11. The molecule has 0 aromatic heterocycles. The summed E-state index contributed by atoms with van der Waals surface area (Å²) in [6.07, 6.45) is 3.52. The van der Waals surface area contributed by atoms with Gasteiger partial charge in [-0.15, -0.1) is 6.58 Å². The molecule has 0 amide bonds. The average molecular weight is 216 g/mol. The molecule has 0 fully saturated rings. The van der Waals surface area contributed by atoms with Crippen LogP contribution >= 0.6 is 0 Å². The van der Waals surface area contributed by atoms with E-state index < -0.39 is 0 Å². The maximum atomic E-state index is 11.9. The molecule has 0 radical (unpaired) electrons. The lowest BCUT2D eigenvalue weighted by Gasteiger charge is -2.17. The summed E-state index contributed by atoms with van der Waals surface area (Å²) < 4.78 is 0. The lowest BCUT2D eigenvalue weighted by atomic mass is 9.87. The van der Waals surface area contributed by atoms with Gasteiger partial charge in [0.2, 0.25) is 0 Å². The number of rotatable bonds is 6. The van der Waals surface area contributed by atoms with Crippen LogP contribution in [0.25, 0.3) is 0 Å². The quantitative estimate of drug-likeness (QED) is 0.516. The van der Waals surface area contributed by atoms with Gasteiger partial charge >= 0.3 is 0 Å². The van der Waals surface area contributed by atoms with Crippen LogP contribution in [0, 0.1) is 11.8 Å². The predicted molar refractivity (Wildman–Crippen MR) is 68.5 cm³/mol. The van der Waals surface area contributed by atoms with Gasteiger partial charge in [-0.1, -0.05) is 50.3 Å². The van der Waals surface area contributed by atoms with Crippen molar-refractivity contribution in [3.8, 4) is 0 Å². The Morgan fingerprint density at radius 1 is 1.25 bits per heavy atom. The summed E-state index contributed by atoms with van der Waals surface area (Å²) in [5.74, 6) is 1.17. The molecule has 1 aromatic rings. The van der Waals surface area contributed by atoms with Gasteiger partial charge in [0.05, 0.1) is 0 Å². The maximum Gasteiger partial charge on any atom is 0.163 e. The molecule has 1 nitrogen and oxygen atoms in total. The van der Waals surface area contributed by atoms with E-state index in [0.29, 0.717) is 18.3 Å². The minimum atomic E-state index is 0.240. The SMILES string of the molecule is C=CC[C@H](C)[C@@H](C)CC(=O)c1ccccc1. The summed E-state index contributed by atoms with van der Waals surface area (Å²) in [5, 5.41) is 0. The van der Waals surface area contributed by atoms with E-state index >= 15 is 0 Å². The zero-order valence-corrected chi connectivity index (χ0v) is 10.1. The highest BCUT2D eigenvalue weighted by atomic mass is 16.1. The smallest absolute Gasteiger partial charge is 0.163 e. The van der Waals surface area contributed by atoms with Gasteiger partial charge < -0.3 is 0 Å². The molecule has 0 N–H and O–H groups in total. The van der Waals surface area contributed by atoms with Crippen molar-refractivity contribution in [2.75, 3.05) is 0 Å². The number of carbonyl (C=O) groups excluding carboxylic acids is 1. The molecule has 0 unspecified atom stereocenters. The van der Waals surface area contributed by atoms with Crippen LogP contribution < -0.4 is 0 Å². The first-order valence-electron chi connectivity index (χ1n) is 5.84. The van der Waals surface area contributed by atoms with E-state index in [4.69, 9.17) is 0 Å². The summed E-state index contributed by atoms with van der Waals surface area (Å²) in [4.78, 5) is 11.9. The molecule has 16 heavy (non-hydrogen) atoms. The van der Waals surface area contributed by atoms with E-state index in [9.17, 15) is 4.79 Å². The van der Waals surface area contributed by atoms with E-state index in [0.717, 1.165) is 12.0 Å². The summed E-state index contributed by atoms with van der Waals surface area (Å²) in [7, 11) is 0. The van der Waals surface area contributed by atoms with Gasteiger partial charge in [-0.2, -0.15) is 0 Å². The minimum Gasteiger partial charge on any atom is -0.294 e. The number of benzene rings is 1. The molecular weight excluding hydrogens is 196 g/mol. The molecule has 1 rings (SSSR count). The molecule has 0 saturated carbocycles. The Labute approximate surface area is 98.2 Å². The lowest BCUT2D eigenvalue weighted by Crippen LogP contribution is -2.13. The highest BCUT2D eigenvalue weighted by Gasteiger charge is 2.15. The highest BCUT2D eigenvalue weighted by Crippen LogP contribution is 2.20. The van der Waals surface area contributed by atoms with Crippen LogP contribution in [0.2, 0.25) is 0 Å². The summed E-state index contributed by atoms with van der Waals surface area (Å²) in [6, 6.07) is 9.51. The van der Waals surface area contributed by atoms with Gasteiger partial charge in [-0.25, -0.2) is 0 Å². The highest BCUT2D eigenvalue weighted by molar-refractivity contribution is 5.96. The lowest BCUT2D eigenvalue weighted by molar-refractivity contribution is 0.0951. The van der Waals surface area contributed by atoms with Crippen LogP contribution in [-0.4, -0.2) is 5.78 Å². The van der Waals surface area contributed by atoms with E-state index in [-0.39, 0.29) is 5.78 Å². The van der Waals surface area contributed by atoms with Crippen molar-refractivity contribution in [2.24, 2.45) is 11.8 Å². The van der Waals surface area contributed by atoms with Gasteiger partial charge in [-0.3, -0.25) is 4.79 Å². The molecule has 0 aliphatic heterocycles. The molecule has 1 heteroatoms. The van der Waals surface area contributed by atoms with E-state index in [1.165, 1.54) is 0 Å². The second-order valence-electron chi connectivity index (χ2n) is 4.47. The standard InChI is InChI=1S/C15H20O/c1-4-8-12(2)13(3)11-15(16)14-9-6-5-7-10-14/h4-7,9-10,12-13H,1,8,11H2,2-3H3/t12-,13-/m0/s1. The van der Waals surface area contributed by atoms with Gasteiger partial charge in [0, 0.05) is 12.0 Å². The van der Waals surface area contributed by atoms with Crippen molar-refractivity contribution in [1.82, 2.24) is 0 Å². The Morgan fingerprint density at radius 2 is 1.88 bits per heavy atom. The molecule has 86 valence electrons. The van der Waals surface area contributed by atoms with Crippen LogP contribution in [0.3, 0.4) is 0 Å². The second-order valence-corrected chi connectivity index (χ2v) is 4.47. The Bertz CT molecular complexity index is 340. The fourth-order valence-electron chi connectivity index (χ4n) is 1.73. The van der Waals surface area contributed by atoms with Gasteiger partial charge in [0.25, 0.3) is 0 Å². The van der Waals surface area contributed by atoms with E-state index in [1.54, 1.807) is 0 Å². The predicted octanol–water partition coefficient (Wildman–Crippen LogP) is 4.11. The monoisotopic (exact) mass is 216 g/mol. The first kappa shape index (κ1) is 12.7. The fourth-order valence-corrected chi connectivity index (χ4v) is 1.73. The molecular formula is C15H20O. The third kappa shape index (κ3) is 3.65. The Hall–Kier alpha value is -1.37. The molecule has 0 aliphatic carbocycles. The number of ketones is 1. The zero-order chi connectivity index (χ0) is 12.0. The van der Waals surface area contributed by atoms with Gasteiger partial charge in [-0.05, 0) is 18.3 Å². The fraction of sp³-hybridized carbons (Fsp3) is 0.400. The van der Waals surface area contributed by atoms with Crippen LogP contribution in [0.5, 0.6) is 0 Å². The third-order valence-electron chi connectivity index (χ3n) is 3.11. The number of allylic oxidation sites excluding steroid dienone is 1. The van der Waals surface area contributed by atoms with Crippen molar-refractivity contribution < 1.29 is 4.79 Å². The summed E-state index contributed by atoms with van der Waals surface area (Å²) in [6.45, 7) is 8.04. The Kier molecular flexibility index (Phi) is 4.97. The van der Waals surface area contributed by atoms with Crippen LogP contribution in [0.4, 0.5) is 0 Å². The average Bonchev–Trinajstić information content (AvgIpc) is 2.30. The molecule has 1 aromatic carbocycles. The number of Topliss-reactive ketones (excluding diaryl/α,β-unsaturated/α-hetero) is 1. The Morgan fingerprint density at radius 3 is 2.44 bits per heavy atom. The van der Waals surface area contributed by atoms with Crippen LogP contribution in [-0.2, 0) is 0 Å². The van der Waals surface area contributed by atoms with Crippen molar-refractivity contribution in [3.05, 3.63) is 48.6 Å². The van der Waals surface area contributed by atoms with E-state index in [2.05, 4.69) is 20.4 Å². The minimum absolute atomic E-state index is 0.240. The first-order valence-corrected chi connectivity index (χ1v) is 5.84. The van der Waals surface area contributed by atoms with Crippen molar-refractivity contribution in [3.63, 3.8) is 0 Å². The number of hydrogen-bond donors (Lipinski definition) is 0. The van der Waals surface area contributed by atoms with Crippen molar-refractivity contribution in [1.29, 1.82) is 0 Å². The largest absolute Gasteiger partial charge is 0.294 e.